The van der Waals surface area contributed by atoms with Crippen LogP contribution >= 0.6 is 11.6 Å². The van der Waals surface area contributed by atoms with Crippen LogP contribution < -0.4 is 5.32 Å². The van der Waals surface area contributed by atoms with Crippen LogP contribution in [0.2, 0.25) is 5.02 Å². The summed E-state index contributed by atoms with van der Waals surface area (Å²) in [6, 6.07) is 12.4. The smallest absolute Gasteiger partial charge is 0.331 e. The summed E-state index contributed by atoms with van der Waals surface area (Å²) >= 11 is 6.03. The van der Waals surface area contributed by atoms with Gasteiger partial charge in [-0.15, -0.1) is 0 Å². The van der Waals surface area contributed by atoms with Gasteiger partial charge in [0.05, 0.1) is 0 Å². The van der Waals surface area contributed by atoms with Crippen molar-refractivity contribution in [1.82, 2.24) is 4.98 Å². The van der Waals surface area contributed by atoms with Crippen molar-refractivity contribution in [2.45, 2.75) is 20.0 Å². The number of carbonyl (C=O) groups excluding carboxylic acids is 2. The fourth-order valence-electron chi connectivity index (χ4n) is 2.34. The zero-order valence-corrected chi connectivity index (χ0v) is 15.5. The zero-order chi connectivity index (χ0) is 19.4. The second-order valence-corrected chi connectivity index (χ2v) is 6.24. The number of esters is 1. The van der Waals surface area contributed by atoms with Gasteiger partial charge < -0.3 is 14.5 Å². The molecule has 0 aliphatic heterocycles. The summed E-state index contributed by atoms with van der Waals surface area (Å²) in [4.78, 5) is 28.4. The summed E-state index contributed by atoms with van der Waals surface area (Å²) in [7, 11) is 0. The zero-order valence-electron chi connectivity index (χ0n) is 14.7. The SMILES string of the molecule is Cc1c(Cl)cccc1NC(=O)[C@@H](C)OC(=O)/C=C/c1nc2ccccc2o1. The Bertz CT molecular complexity index is 993. The van der Waals surface area contributed by atoms with Gasteiger partial charge in [0.15, 0.2) is 11.7 Å². The molecule has 6 nitrogen and oxygen atoms in total. The van der Waals surface area contributed by atoms with Crippen molar-refractivity contribution in [3.05, 3.63) is 65.0 Å². The second kappa shape index (κ2) is 8.05. The fourth-order valence-corrected chi connectivity index (χ4v) is 2.52. The maximum absolute atomic E-state index is 12.2. The van der Waals surface area contributed by atoms with Crippen molar-refractivity contribution >= 4 is 46.3 Å². The number of amides is 1. The maximum atomic E-state index is 12.2. The molecular formula is C20H17ClN2O4. The average molecular weight is 385 g/mol. The molecule has 0 saturated heterocycles. The maximum Gasteiger partial charge on any atom is 0.331 e. The number of hydrogen-bond acceptors (Lipinski definition) is 5. The summed E-state index contributed by atoms with van der Waals surface area (Å²) in [6.07, 6.45) is 1.58. The van der Waals surface area contributed by atoms with Gasteiger partial charge in [-0.05, 0) is 43.7 Å². The quantitative estimate of drug-likeness (QED) is 0.521. The third kappa shape index (κ3) is 4.54. The molecule has 1 atom stereocenters. The van der Waals surface area contributed by atoms with E-state index in [1.807, 2.05) is 12.1 Å². The number of fused-ring (bicyclic) bond motifs is 1. The van der Waals surface area contributed by atoms with E-state index >= 15 is 0 Å². The van der Waals surface area contributed by atoms with Crippen molar-refractivity contribution in [3.8, 4) is 0 Å². The highest BCUT2D eigenvalue weighted by Crippen LogP contribution is 2.23. The van der Waals surface area contributed by atoms with Crippen LogP contribution in [-0.2, 0) is 14.3 Å². The third-order valence-electron chi connectivity index (χ3n) is 3.86. The molecule has 3 aromatic rings. The second-order valence-electron chi connectivity index (χ2n) is 5.83. The van der Waals surface area contributed by atoms with Crippen LogP contribution in [0.5, 0.6) is 0 Å². The van der Waals surface area contributed by atoms with Crippen LogP contribution in [0.4, 0.5) is 5.69 Å². The van der Waals surface area contributed by atoms with Crippen molar-refractivity contribution in [2.75, 3.05) is 5.32 Å². The molecule has 1 amide bonds. The van der Waals surface area contributed by atoms with Gasteiger partial charge in [-0.1, -0.05) is 29.8 Å². The largest absolute Gasteiger partial charge is 0.449 e. The molecule has 0 radical (unpaired) electrons. The van der Waals surface area contributed by atoms with Crippen LogP contribution in [0.25, 0.3) is 17.2 Å². The Morgan fingerprint density at radius 1 is 1.22 bits per heavy atom. The summed E-state index contributed by atoms with van der Waals surface area (Å²) in [5.41, 5.74) is 2.62. The number of rotatable bonds is 5. The highest BCUT2D eigenvalue weighted by molar-refractivity contribution is 6.31. The summed E-state index contributed by atoms with van der Waals surface area (Å²) in [5, 5.41) is 3.23. The molecule has 7 heteroatoms. The van der Waals surface area contributed by atoms with Crippen LogP contribution in [0, 0.1) is 6.92 Å². The molecule has 0 aliphatic rings. The van der Waals surface area contributed by atoms with Gasteiger partial charge in [-0.2, -0.15) is 0 Å². The summed E-state index contributed by atoms with van der Waals surface area (Å²) in [6.45, 7) is 3.28. The number of halogens is 1. The van der Waals surface area contributed by atoms with Gasteiger partial charge in [0.2, 0.25) is 5.89 Å². The molecular weight excluding hydrogens is 368 g/mol. The van der Waals surface area contributed by atoms with Crippen molar-refractivity contribution in [1.29, 1.82) is 0 Å². The predicted molar refractivity (Wildman–Crippen MR) is 103 cm³/mol. The first-order chi connectivity index (χ1) is 12.9. The lowest BCUT2D eigenvalue weighted by Crippen LogP contribution is -2.29. The Morgan fingerprint density at radius 3 is 2.78 bits per heavy atom. The van der Waals surface area contributed by atoms with Crippen LogP contribution in [0.15, 0.2) is 53.0 Å². The van der Waals surface area contributed by atoms with Gasteiger partial charge in [-0.3, -0.25) is 4.79 Å². The van der Waals surface area contributed by atoms with E-state index in [9.17, 15) is 9.59 Å². The molecule has 1 N–H and O–H groups in total. The van der Waals surface area contributed by atoms with Crippen molar-refractivity contribution in [3.63, 3.8) is 0 Å². The highest BCUT2D eigenvalue weighted by Gasteiger charge is 2.18. The topological polar surface area (TPSA) is 81.4 Å². The van der Waals surface area contributed by atoms with E-state index in [1.54, 1.807) is 37.3 Å². The molecule has 0 spiro atoms. The number of hydrogen-bond donors (Lipinski definition) is 1. The lowest BCUT2D eigenvalue weighted by Gasteiger charge is -2.14. The van der Waals surface area contributed by atoms with E-state index in [1.165, 1.54) is 19.1 Å². The number of benzene rings is 2. The number of oxazole rings is 1. The number of anilines is 1. The predicted octanol–water partition coefficient (Wildman–Crippen LogP) is 4.37. The monoisotopic (exact) mass is 384 g/mol. The molecule has 0 fully saturated rings. The summed E-state index contributed by atoms with van der Waals surface area (Å²) < 4.78 is 10.6. The molecule has 0 aliphatic carbocycles. The number of ether oxygens (including phenoxy) is 1. The fraction of sp³-hybridized carbons (Fsp3) is 0.150. The van der Waals surface area contributed by atoms with Crippen LogP contribution in [0.3, 0.4) is 0 Å². The van der Waals surface area contributed by atoms with Crippen molar-refractivity contribution in [2.24, 2.45) is 0 Å². The highest BCUT2D eigenvalue weighted by atomic mass is 35.5. The molecule has 2 aromatic carbocycles. The van der Waals surface area contributed by atoms with E-state index in [-0.39, 0.29) is 5.89 Å². The van der Waals surface area contributed by atoms with E-state index in [2.05, 4.69) is 10.3 Å². The minimum absolute atomic E-state index is 0.278. The minimum atomic E-state index is -0.982. The Morgan fingerprint density at radius 2 is 2.00 bits per heavy atom. The lowest BCUT2D eigenvalue weighted by molar-refractivity contribution is -0.148. The number of aromatic nitrogens is 1. The Labute approximate surface area is 160 Å². The van der Waals surface area contributed by atoms with Crippen molar-refractivity contribution < 1.29 is 18.7 Å². The van der Waals surface area contributed by atoms with E-state index in [0.29, 0.717) is 21.8 Å². The van der Waals surface area contributed by atoms with Crippen LogP contribution in [0.1, 0.15) is 18.4 Å². The standard InChI is InChI=1S/C20H17ClN2O4/c1-12-14(21)6-5-8-15(12)23-20(25)13(2)26-19(24)11-10-18-22-16-7-3-4-9-17(16)27-18/h3-11,13H,1-2H3,(H,23,25)/b11-10+/t13-/m1/s1. The van der Waals surface area contributed by atoms with E-state index < -0.39 is 18.0 Å². The first-order valence-electron chi connectivity index (χ1n) is 8.24. The van der Waals surface area contributed by atoms with E-state index in [4.69, 9.17) is 20.8 Å². The molecule has 0 saturated carbocycles. The van der Waals surface area contributed by atoms with Crippen LogP contribution in [-0.4, -0.2) is 23.0 Å². The molecule has 1 heterocycles. The molecule has 1 aromatic heterocycles. The normalized spacial score (nSPS) is 12.3. The first kappa shape index (κ1) is 18.7. The van der Waals surface area contributed by atoms with E-state index in [0.717, 1.165) is 5.56 Å². The number of carbonyl (C=O) groups is 2. The number of nitrogens with one attached hydrogen (secondary N) is 1. The first-order valence-corrected chi connectivity index (χ1v) is 8.62. The summed E-state index contributed by atoms with van der Waals surface area (Å²) in [5.74, 6) is -0.855. The van der Waals surface area contributed by atoms with Gasteiger partial charge in [0.25, 0.3) is 5.91 Å². The molecule has 0 unspecified atom stereocenters. The van der Waals surface area contributed by atoms with Gasteiger partial charge in [0, 0.05) is 22.9 Å². The average Bonchev–Trinajstić information content (AvgIpc) is 3.06. The third-order valence-corrected chi connectivity index (χ3v) is 4.27. The molecule has 138 valence electrons. The minimum Gasteiger partial charge on any atom is -0.449 e. The molecule has 27 heavy (non-hydrogen) atoms. The Kier molecular flexibility index (Phi) is 5.57. The van der Waals surface area contributed by atoms with Gasteiger partial charge in [-0.25, -0.2) is 9.78 Å². The van der Waals surface area contributed by atoms with Gasteiger partial charge >= 0.3 is 5.97 Å². The number of nitrogens with zero attached hydrogens (tertiary/aromatic N) is 1. The van der Waals surface area contributed by atoms with Gasteiger partial charge in [0.1, 0.15) is 5.52 Å². The Balaban J connectivity index is 1.59. The molecule has 3 rings (SSSR count). The Hall–Kier alpha value is -3.12. The lowest BCUT2D eigenvalue weighted by atomic mass is 10.2. The number of para-hydroxylation sites is 2. The molecule has 0 bridgehead atoms.